The van der Waals surface area contributed by atoms with Gasteiger partial charge in [0.2, 0.25) is 5.91 Å². The number of likely N-dealkylation sites (N-methyl/N-ethyl adjacent to an activating group) is 1. The molecular formula is C18H19N3O3S3. The molecule has 1 unspecified atom stereocenters. The Morgan fingerprint density at radius 1 is 1.41 bits per heavy atom. The fourth-order valence-corrected chi connectivity index (χ4v) is 4.55. The van der Waals surface area contributed by atoms with Gasteiger partial charge in [-0.2, -0.15) is 0 Å². The second-order valence-electron chi connectivity index (χ2n) is 6.08. The highest BCUT2D eigenvalue weighted by Crippen LogP contribution is 2.33. The van der Waals surface area contributed by atoms with Crippen LogP contribution in [0.4, 0.5) is 0 Å². The summed E-state index contributed by atoms with van der Waals surface area (Å²) >= 11 is 8.04. The molecule has 1 fully saturated rings. The fraction of sp³-hybridized carbons (Fsp3) is 0.278. The summed E-state index contributed by atoms with van der Waals surface area (Å²) in [5.74, 6) is 0.274. The molecule has 6 nitrogen and oxygen atoms in total. The van der Waals surface area contributed by atoms with Crippen molar-refractivity contribution in [2.24, 2.45) is 0 Å². The summed E-state index contributed by atoms with van der Waals surface area (Å²) in [6.45, 7) is 0.282. The Bertz CT molecular complexity index is 845. The fourth-order valence-electron chi connectivity index (χ4n) is 2.57. The summed E-state index contributed by atoms with van der Waals surface area (Å²) in [6.07, 6.45) is 3.41. The highest BCUT2D eigenvalue weighted by atomic mass is 32.2. The molecule has 1 N–H and O–H groups in total. The van der Waals surface area contributed by atoms with Crippen molar-refractivity contribution < 1.29 is 14.0 Å². The number of carbonyl (C=O) groups is 2. The third-order valence-electron chi connectivity index (χ3n) is 3.98. The van der Waals surface area contributed by atoms with E-state index < -0.39 is 0 Å². The third-order valence-corrected chi connectivity index (χ3v) is 6.18. The lowest BCUT2D eigenvalue weighted by atomic mass is 10.2. The first-order valence-corrected chi connectivity index (χ1v) is 10.3. The zero-order valence-corrected chi connectivity index (χ0v) is 17.3. The van der Waals surface area contributed by atoms with E-state index in [2.05, 4.69) is 5.32 Å². The van der Waals surface area contributed by atoms with E-state index in [4.69, 9.17) is 16.6 Å². The Morgan fingerprint density at radius 2 is 2.22 bits per heavy atom. The number of hydrogen-bond acceptors (Lipinski definition) is 7. The van der Waals surface area contributed by atoms with Crippen LogP contribution in [-0.2, 0) is 9.59 Å². The van der Waals surface area contributed by atoms with Crippen molar-refractivity contribution in [3.8, 4) is 0 Å². The number of carbonyl (C=O) groups excluding carboxylic acids is 2. The average Bonchev–Trinajstić information content (AvgIpc) is 3.35. The maximum Gasteiger partial charge on any atom is 0.266 e. The first-order valence-electron chi connectivity index (χ1n) is 8.21. The summed E-state index contributed by atoms with van der Waals surface area (Å²) in [7, 11) is 3.83. The minimum atomic E-state index is -0.262. The molecule has 3 rings (SSSR count). The number of thiocarbonyl (C=S) groups is 1. The third kappa shape index (κ3) is 4.86. The number of nitrogens with one attached hydrogen (secondary N) is 1. The van der Waals surface area contributed by atoms with Crippen LogP contribution in [0.2, 0.25) is 0 Å². The van der Waals surface area contributed by atoms with Crippen LogP contribution in [0.25, 0.3) is 6.08 Å². The largest absolute Gasteiger partial charge is 0.468 e. The van der Waals surface area contributed by atoms with E-state index in [9.17, 15) is 9.59 Å². The van der Waals surface area contributed by atoms with Gasteiger partial charge in [0, 0.05) is 11.4 Å². The number of amides is 2. The molecule has 2 aromatic rings. The number of furan rings is 1. The molecule has 0 saturated carbocycles. The van der Waals surface area contributed by atoms with Crippen molar-refractivity contribution in [1.82, 2.24) is 15.1 Å². The molecule has 2 aromatic heterocycles. The number of hydrogen-bond donors (Lipinski definition) is 1. The van der Waals surface area contributed by atoms with Gasteiger partial charge in [0.05, 0.1) is 17.2 Å². The van der Waals surface area contributed by atoms with Crippen LogP contribution in [0, 0.1) is 0 Å². The average molecular weight is 422 g/mol. The number of thiophene rings is 1. The first-order chi connectivity index (χ1) is 13.0. The molecule has 142 valence electrons. The Morgan fingerprint density at radius 3 is 2.85 bits per heavy atom. The quantitative estimate of drug-likeness (QED) is 0.548. The van der Waals surface area contributed by atoms with Gasteiger partial charge in [0.25, 0.3) is 5.91 Å². The highest BCUT2D eigenvalue weighted by molar-refractivity contribution is 8.26. The summed E-state index contributed by atoms with van der Waals surface area (Å²) in [6, 6.07) is 7.45. The molecule has 0 spiro atoms. The van der Waals surface area contributed by atoms with Crippen LogP contribution < -0.4 is 5.32 Å². The minimum absolute atomic E-state index is 0.0890. The number of nitrogens with zero attached hydrogens (tertiary/aromatic N) is 2. The minimum Gasteiger partial charge on any atom is -0.468 e. The van der Waals surface area contributed by atoms with Crippen molar-refractivity contribution in [3.63, 3.8) is 0 Å². The molecule has 0 aliphatic carbocycles. The molecule has 1 saturated heterocycles. The van der Waals surface area contributed by atoms with Gasteiger partial charge in [-0.15, -0.1) is 11.3 Å². The Balaban J connectivity index is 1.59. The van der Waals surface area contributed by atoms with Gasteiger partial charge in [0.1, 0.15) is 16.6 Å². The van der Waals surface area contributed by atoms with Crippen LogP contribution in [0.15, 0.2) is 45.2 Å². The van der Waals surface area contributed by atoms with Crippen LogP contribution in [-0.4, -0.2) is 53.1 Å². The topological polar surface area (TPSA) is 65.8 Å². The van der Waals surface area contributed by atoms with E-state index in [0.717, 1.165) is 10.6 Å². The van der Waals surface area contributed by atoms with E-state index in [1.807, 2.05) is 48.6 Å². The summed E-state index contributed by atoms with van der Waals surface area (Å²) in [4.78, 5) is 29.7. The van der Waals surface area contributed by atoms with E-state index in [1.54, 1.807) is 23.7 Å². The number of thioether (sulfide) groups is 1. The lowest BCUT2D eigenvalue weighted by molar-refractivity contribution is -0.128. The molecule has 0 radical (unpaired) electrons. The van der Waals surface area contributed by atoms with Crippen molar-refractivity contribution in [3.05, 3.63) is 51.5 Å². The van der Waals surface area contributed by atoms with Gasteiger partial charge < -0.3 is 9.73 Å². The standard InChI is InChI=1S/C18H19N3O3S3/c1-20(2)13(14-6-3-7-24-14)10-19-16(22)11-21-17(23)15(27-18(21)25)9-12-5-4-8-26-12/h3-9,13H,10-11H2,1-2H3,(H,19,22)/b15-9-. The molecule has 3 heterocycles. The summed E-state index contributed by atoms with van der Waals surface area (Å²) < 4.78 is 5.83. The van der Waals surface area contributed by atoms with E-state index in [0.29, 0.717) is 15.8 Å². The Kier molecular flexibility index (Phi) is 6.48. The molecule has 9 heteroatoms. The Labute approximate surface area is 171 Å². The van der Waals surface area contributed by atoms with Crippen LogP contribution in [0.1, 0.15) is 16.7 Å². The van der Waals surface area contributed by atoms with Crippen molar-refractivity contribution >= 4 is 57.5 Å². The maximum atomic E-state index is 12.6. The van der Waals surface area contributed by atoms with Gasteiger partial charge in [-0.3, -0.25) is 19.4 Å². The molecule has 1 atom stereocenters. The number of rotatable bonds is 7. The van der Waals surface area contributed by atoms with Crippen molar-refractivity contribution in [2.45, 2.75) is 6.04 Å². The second-order valence-corrected chi connectivity index (χ2v) is 8.74. The normalized spacial score (nSPS) is 17.1. The molecule has 0 aromatic carbocycles. The second kappa shape index (κ2) is 8.83. The van der Waals surface area contributed by atoms with E-state index in [-0.39, 0.29) is 24.4 Å². The monoisotopic (exact) mass is 421 g/mol. The predicted octanol–water partition coefficient (Wildman–Crippen LogP) is 2.96. The zero-order chi connectivity index (χ0) is 19.4. The predicted molar refractivity (Wildman–Crippen MR) is 112 cm³/mol. The molecule has 2 amide bonds. The summed E-state index contributed by atoms with van der Waals surface area (Å²) in [5.41, 5.74) is 0. The van der Waals surface area contributed by atoms with E-state index >= 15 is 0 Å². The maximum absolute atomic E-state index is 12.6. The van der Waals surface area contributed by atoms with Gasteiger partial charge in [0.15, 0.2) is 0 Å². The van der Waals surface area contributed by atoms with Gasteiger partial charge in [-0.05, 0) is 43.8 Å². The molecule has 1 aliphatic rings. The molecule has 1 aliphatic heterocycles. The SMILES string of the molecule is CN(C)C(CNC(=O)CN1C(=O)/C(=C/c2cccs2)SC1=S)c1ccco1. The summed E-state index contributed by atoms with van der Waals surface area (Å²) in [5, 5.41) is 4.80. The van der Waals surface area contributed by atoms with Crippen molar-refractivity contribution in [1.29, 1.82) is 0 Å². The molecule has 0 bridgehead atoms. The lowest BCUT2D eigenvalue weighted by Crippen LogP contribution is -2.42. The van der Waals surface area contributed by atoms with Gasteiger partial charge in [-0.1, -0.05) is 30.0 Å². The van der Waals surface area contributed by atoms with Gasteiger partial charge >= 0.3 is 0 Å². The zero-order valence-electron chi connectivity index (χ0n) is 14.9. The highest BCUT2D eigenvalue weighted by Gasteiger charge is 2.33. The Hall–Kier alpha value is -1.94. The van der Waals surface area contributed by atoms with Crippen molar-refractivity contribution in [2.75, 3.05) is 27.2 Å². The smallest absolute Gasteiger partial charge is 0.266 e. The van der Waals surface area contributed by atoms with Crippen LogP contribution in [0.5, 0.6) is 0 Å². The molecular weight excluding hydrogens is 402 g/mol. The molecule has 27 heavy (non-hydrogen) atoms. The first kappa shape index (κ1) is 19.8. The van der Waals surface area contributed by atoms with Crippen LogP contribution in [0.3, 0.4) is 0 Å². The van der Waals surface area contributed by atoms with Gasteiger partial charge in [-0.25, -0.2) is 0 Å². The lowest BCUT2D eigenvalue weighted by Gasteiger charge is -2.23. The van der Waals surface area contributed by atoms with Crippen LogP contribution >= 0.6 is 35.3 Å². The van der Waals surface area contributed by atoms with E-state index in [1.165, 1.54) is 16.7 Å².